The molecule has 0 aromatic carbocycles. The molecule has 0 radical (unpaired) electrons. The van der Waals surface area contributed by atoms with Gasteiger partial charge in [0.25, 0.3) is 5.56 Å². The van der Waals surface area contributed by atoms with Gasteiger partial charge in [-0.15, -0.1) is 0 Å². The summed E-state index contributed by atoms with van der Waals surface area (Å²) in [5.74, 6) is 0.775. The molecule has 0 saturated heterocycles. The lowest BCUT2D eigenvalue weighted by atomic mass is 10.2. The number of fused-ring (bicyclic) bond motifs is 1. The predicted molar refractivity (Wildman–Crippen MR) is 83.0 cm³/mol. The van der Waals surface area contributed by atoms with E-state index in [4.69, 9.17) is 4.52 Å². The van der Waals surface area contributed by atoms with Crippen molar-refractivity contribution in [3.63, 3.8) is 0 Å². The fraction of sp³-hybridized carbons (Fsp3) is 0.125. The smallest absolute Gasteiger partial charge is 0.272 e. The summed E-state index contributed by atoms with van der Waals surface area (Å²) in [4.78, 5) is 20.9. The summed E-state index contributed by atoms with van der Waals surface area (Å²) >= 11 is 0. The first kappa shape index (κ1) is 13.4. The highest BCUT2D eigenvalue weighted by Crippen LogP contribution is 2.17. The highest BCUT2D eigenvalue weighted by Gasteiger charge is 2.09. The monoisotopic (exact) mass is 307 g/mol. The van der Waals surface area contributed by atoms with Gasteiger partial charge in [-0.25, -0.2) is 9.50 Å². The van der Waals surface area contributed by atoms with E-state index in [1.54, 1.807) is 18.6 Å². The van der Waals surface area contributed by atoms with Gasteiger partial charge in [0, 0.05) is 48.3 Å². The second kappa shape index (κ2) is 5.53. The van der Waals surface area contributed by atoms with Crippen LogP contribution in [-0.2, 0) is 12.8 Å². The molecule has 0 aliphatic carbocycles. The zero-order chi connectivity index (χ0) is 15.6. The Morgan fingerprint density at radius 1 is 1.17 bits per heavy atom. The fourth-order valence-corrected chi connectivity index (χ4v) is 2.46. The molecule has 4 aromatic heterocycles. The van der Waals surface area contributed by atoms with Crippen molar-refractivity contribution in [1.82, 2.24) is 24.7 Å². The van der Waals surface area contributed by atoms with Gasteiger partial charge in [0.15, 0.2) is 5.65 Å². The molecular weight excluding hydrogens is 294 g/mol. The number of aryl methyl sites for hydroxylation is 2. The van der Waals surface area contributed by atoms with Crippen LogP contribution in [0.1, 0.15) is 11.5 Å². The van der Waals surface area contributed by atoms with Crippen LogP contribution < -0.4 is 5.56 Å². The Morgan fingerprint density at radius 2 is 2.13 bits per heavy atom. The maximum atomic E-state index is 12.2. The minimum absolute atomic E-state index is 0.141. The van der Waals surface area contributed by atoms with Crippen molar-refractivity contribution in [3.05, 3.63) is 70.7 Å². The van der Waals surface area contributed by atoms with Gasteiger partial charge in [0.05, 0.1) is 11.9 Å². The molecule has 0 spiro atoms. The number of aromatic amines is 1. The quantitative estimate of drug-likeness (QED) is 0.621. The van der Waals surface area contributed by atoms with Crippen LogP contribution in [0.2, 0.25) is 0 Å². The molecule has 0 bridgehead atoms. The van der Waals surface area contributed by atoms with Gasteiger partial charge in [0.2, 0.25) is 0 Å². The van der Waals surface area contributed by atoms with Crippen molar-refractivity contribution in [2.24, 2.45) is 0 Å². The Hall–Kier alpha value is -3.22. The Bertz CT molecular complexity index is 986. The van der Waals surface area contributed by atoms with E-state index in [0.717, 1.165) is 22.7 Å². The molecule has 0 fully saturated rings. The van der Waals surface area contributed by atoms with Crippen molar-refractivity contribution in [2.45, 2.75) is 12.8 Å². The lowest BCUT2D eigenvalue weighted by Crippen LogP contribution is -2.15. The number of hydrogen-bond donors (Lipinski definition) is 1. The molecule has 7 nitrogen and oxygen atoms in total. The third-order valence-electron chi connectivity index (χ3n) is 3.59. The summed E-state index contributed by atoms with van der Waals surface area (Å²) in [7, 11) is 0. The molecule has 4 aromatic rings. The van der Waals surface area contributed by atoms with E-state index in [-0.39, 0.29) is 5.56 Å². The first-order valence-electron chi connectivity index (χ1n) is 7.21. The molecule has 1 N–H and O–H groups in total. The highest BCUT2D eigenvalue weighted by atomic mass is 16.5. The third-order valence-corrected chi connectivity index (χ3v) is 3.59. The minimum Gasteiger partial charge on any atom is -0.361 e. The summed E-state index contributed by atoms with van der Waals surface area (Å²) < 4.78 is 6.49. The first-order chi connectivity index (χ1) is 11.3. The molecule has 7 heteroatoms. The summed E-state index contributed by atoms with van der Waals surface area (Å²) in [5.41, 5.74) is 2.88. The standard InChI is InChI=1S/C16H13N5O2/c22-16-8-12(3-4-13-5-7-18-23-13)19-15-9-14(20-21(15)16)11-2-1-6-17-10-11/h1-2,5-10,20H,3-4H2. The minimum atomic E-state index is -0.141. The molecule has 0 aliphatic rings. The van der Waals surface area contributed by atoms with Crippen LogP contribution in [-0.4, -0.2) is 24.7 Å². The summed E-state index contributed by atoms with van der Waals surface area (Å²) in [6.45, 7) is 0. The van der Waals surface area contributed by atoms with E-state index in [9.17, 15) is 4.79 Å². The summed E-state index contributed by atoms with van der Waals surface area (Å²) in [6.07, 6.45) is 6.32. The number of aromatic nitrogens is 5. The van der Waals surface area contributed by atoms with Crippen molar-refractivity contribution >= 4 is 5.65 Å². The molecule has 0 atom stereocenters. The van der Waals surface area contributed by atoms with Gasteiger partial charge >= 0.3 is 0 Å². The number of pyridine rings is 1. The molecule has 4 rings (SSSR count). The third kappa shape index (κ3) is 2.64. The summed E-state index contributed by atoms with van der Waals surface area (Å²) in [6, 6.07) is 8.96. The molecule has 23 heavy (non-hydrogen) atoms. The van der Waals surface area contributed by atoms with E-state index in [1.165, 1.54) is 10.6 Å². The molecule has 0 unspecified atom stereocenters. The SMILES string of the molecule is O=c1cc(CCc2ccno2)nc2cc(-c3cccnc3)[nH]n12. The zero-order valence-corrected chi connectivity index (χ0v) is 12.1. The second-order valence-electron chi connectivity index (χ2n) is 5.17. The molecule has 0 amide bonds. The van der Waals surface area contributed by atoms with Gasteiger partial charge in [-0.1, -0.05) is 5.16 Å². The first-order valence-corrected chi connectivity index (χ1v) is 7.21. The Labute approximate surface area is 130 Å². The lowest BCUT2D eigenvalue weighted by Gasteiger charge is -1.99. The maximum absolute atomic E-state index is 12.2. The van der Waals surface area contributed by atoms with E-state index < -0.39 is 0 Å². The molecule has 0 saturated carbocycles. The normalized spacial score (nSPS) is 11.1. The van der Waals surface area contributed by atoms with Gasteiger partial charge in [-0.3, -0.25) is 14.9 Å². The average Bonchev–Trinajstić information content (AvgIpc) is 3.23. The topological polar surface area (TPSA) is 89.1 Å². The Morgan fingerprint density at radius 3 is 2.91 bits per heavy atom. The number of nitrogens with one attached hydrogen (secondary N) is 1. The van der Waals surface area contributed by atoms with Gasteiger partial charge in [-0.05, 0) is 18.6 Å². The van der Waals surface area contributed by atoms with Crippen molar-refractivity contribution < 1.29 is 4.52 Å². The number of hydrogen-bond acceptors (Lipinski definition) is 5. The van der Waals surface area contributed by atoms with E-state index in [2.05, 4.69) is 20.2 Å². The Balaban J connectivity index is 1.68. The molecule has 0 aliphatic heterocycles. The van der Waals surface area contributed by atoms with Crippen LogP contribution >= 0.6 is 0 Å². The van der Waals surface area contributed by atoms with Crippen LogP contribution in [0.5, 0.6) is 0 Å². The van der Waals surface area contributed by atoms with Crippen LogP contribution in [0.3, 0.4) is 0 Å². The molecule has 4 heterocycles. The van der Waals surface area contributed by atoms with E-state index in [1.807, 2.05) is 24.3 Å². The van der Waals surface area contributed by atoms with E-state index in [0.29, 0.717) is 18.5 Å². The second-order valence-corrected chi connectivity index (χ2v) is 5.17. The highest BCUT2D eigenvalue weighted by molar-refractivity contribution is 5.62. The molecular formula is C16H13N5O2. The van der Waals surface area contributed by atoms with Gasteiger partial charge in [-0.2, -0.15) is 0 Å². The number of H-pyrrole nitrogens is 1. The summed E-state index contributed by atoms with van der Waals surface area (Å²) in [5, 5.41) is 6.72. The van der Waals surface area contributed by atoms with Gasteiger partial charge in [0.1, 0.15) is 5.76 Å². The van der Waals surface area contributed by atoms with Crippen molar-refractivity contribution in [2.75, 3.05) is 0 Å². The van der Waals surface area contributed by atoms with Crippen LogP contribution in [0.25, 0.3) is 16.9 Å². The van der Waals surface area contributed by atoms with Crippen molar-refractivity contribution in [1.29, 1.82) is 0 Å². The van der Waals surface area contributed by atoms with Gasteiger partial charge < -0.3 is 4.52 Å². The van der Waals surface area contributed by atoms with E-state index >= 15 is 0 Å². The largest absolute Gasteiger partial charge is 0.361 e. The average molecular weight is 307 g/mol. The van der Waals surface area contributed by atoms with Crippen LogP contribution in [0.4, 0.5) is 0 Å². The number of nitrogens with zero attached hydrogens (tertiary/aromatic N) is 4. The Kier molecular flexibility index (Phi) is 3.23. The molecule has 114 valence electrons. The van der Waals surface area contributed by atoms with Crippen LogP contribution in [0, 0.1) is 0 Å². The predicted octanol–water partition coefficient (Wildman–Crippen LogP) is 1.86. The zero-order valence-electron chi connectivity index (χ0n) is 12.1. The lowest BCUT2D eigenvalue weighted by molar-refractivity contribution is 0.383. The number of rotatable bonds is 4. The fourth-order valence-electron chi connectivity index (χ4n) is 2.46. The maximum Gasteiger partial charge on any atom is 0.272 e. The van der Waals surface area contributed by atoms with Crippen molar-refractivity contribution in [3.8, 4) is 11.3 Å². The van der Waals surface area contributed by atoms with Crippen LogP contribution in [0.15, 0.2) is 58.2 Å².